The molecule has 1 heterocycles. The number of carbonyl (C=O) groups excluding carboxylic acids is 1. The predicted octanol–water partition coefficient (Wildman–Crippen LogP) is 5.83. The van der Waals surface area contributed by atoms with Crippen molar-refractivity contribution in [2.24, 2.45) is 0 Å². The minimum Gasteiger partial charge on any atom is -0.470 e. The molecule has 0 N–H and O–H groups in total. The number of amides is 1. The molecule has 24 heavy (non-hydrogen) atoms. The third kappa shape index (κ3) is 5.58. The van der Waals surface area contributed by atoms with E-state index in [1.54, 1.807) is 6.20 Å². The number of hydrogen-bond donors (Lipinski definition) is 0. The zero-order chi connectivity index (χ0) is 16.1. The monoisotopic (exact) mass is 393 g/mol. The first-order valence-corrected chi connectivity index (χ1v) is 7.71. The zero-order valence-electron chi connectivity index (χ0n) is 11.8. The molecule has 0 saturated heterocycles. The lowest BCUT2D eigenvalue weighted by molar-refractivity contribution is 0.137. The van der Waals surface area contributed by atoms with Gasteiger partial charge in [0.15, 0.2) is 12.5 Å². The summed E-state index contributed by atoms with van der Waals surface area (Å²) in [5.74, 6) is 0.298. The number of nitrogens with zero attached hydrogens (tertiary/aromatic N) is 3. The van der Waals surface area contributed by atoms with E-state index in [9.17, 15) is 4.79 Å². The van der Waals surface area contributed by atoms with Crippen LogP contribution in [0.3, 0.4) is 0 Å². The number of benzene rings is 1. The van der Waals surface area contributed by atoms with E-state index in [1.165, 1.54) is 34.1 Å². The van der Waals surface area contributed by atoms with E-state index in [0.29, 0.717) is 27.4 Å². The van der Waals surface area contributed by atoms with Crippen molar-refractivity contribution in [2.75, 3.05) is 13.3 Å². The van der Waals surface area contributed by atoms with E-state index in [-0.39, 0.29) is 27.6 Å². The molecule has 0 saturated carbocycles. The van der Waals surface area contributed by atoms with Gasteiger partial charge in [-0.1, -0.05) is 56.6 Å². The molecule has 1 amide bonds. The fraction of sp³-hybridized carbons (Fsp3) is 0.375. The lowest BCUT2D eigenvalue weighted by Crippen LogP contribution is -2.37. The van der Waals surface area contributed by atoms with Crippen molar-refractivity contribution in [3.63, 3.8) is 0 Å². The van der Waals surface area contributed by atoms with Crippen molar-refractivity contribution < 1.29 is 9.53 Å². The van der Waals surface area contributed by atoms with Gasteiger partial charge in [0.25, 0.3) is 0 Å². The van der Waals surface area contributed by atoms with E-state index >= 15 is 0 Å². The highest BCUT2D eigenvalue weighted by Crippen LogP contribution is 2.35. The minimum absolute atomic E-state index is 0. The highest BCUT2D eigenvalue weighted by molar-refractivity contribution is 6.40. The van der Waals surface area contributed by atoms with Gasteiger partial charge < -0.3 is 4.74 Å². The van der Waals surface area contributed by atoms with Crippen LogP contribution in [-0.2, 0) is 0 Å². The van der Waals surface area contributed by atoms with Crippen LogP contribution in [0.5, 0.6) is 5.75 Å². The minimum atomic E-state index is -0.236. The highest BCUT2D eigenvalue weighted by Gasteiger charge is 2.17. The first-order valence-electron chi connectivity index (χ1n) is 6.57. The van der Waals surface area contributed by atoms with Gasteiger partial charge in [0, 0.05) is 24.0 Å². The molecule has 0 fully saturated rings. The summed E-state index contributed by atoms with van der Waals surface area (Å²) in [7, 11) is 0. The quantitative estimate of drug-likeness (QED) is 0.599. The van der Waals surface area contributed by atoms with Crippen molar-refractivity contribution >= 4 is 40.8 Å². The molecule has 5 nitrogen and oxygen atoms in total. The number of halogens is 3. The summed E-state index contributed by atoms with van der Waals surface area (Å²) >= 11 is 18.0. The molecule has 0 aliphatic rings. The third-order valence-electron chi connectivity index (χ3n) is 2.82. The van der Waals surface area contributed by atoms with Crippen LogP contribution in [0.1, 0.15) is 28.2 Å². The molecule has 134 valence electrons. The Morgan fingerprint density at radius 2 is 1.88 bits per heavy atom. The Morgan fingerprint density at radius 3 is 2.38 bits per heavy atom. The molecular formula is C16H22Cl3N3O2. The molecule has 0 unspecified atom stereocenters. The number of hydrogen-bond acceptors (Lipinski definition) is 3. The van der Waals surface area contributed by atoms with Gasteiger partial charge >= 0.3 is 6.03 Å². The molecule has 8 heteroatoms. The fourth-order valence-corrected chi connectivity index (χ4v) is 2.76. The van der Waals surface area contributed by atoms with Gasteiger partial charge in [-0.2, -0.15) is 0 Å². The standard InChI is InChI=1S/C14H14Cl3N3O2.2CH4/c1-2-4-20(14(21)19-5-3-18-8-19)9-22-13-11(16)6-10(15)7-12(13)17;;/h3,5-8H,2,4,9H2,1H3;2*1H4. The Morgan fingerprint density at radius 1 is 1.25 bits per heavy atom. The Hall–Kier alpha value is -1.43. The fourth-order valence-electron chi connectivity index (χ4n) is 1.83. The molecular weight excluding hydrogens is 373 g/mol. The molecule has 0 aliphatic carbocycles. The van der Waals surface area contributed by atoms with Crippen LogP contribution in [0.25, 0.3) is 0 Å². The van der Waals surface area contributed by atoms with Gasteiger partial charge in [-0.25, -0.2) is 9.78 Å². The summed E-state index contributed by atoms with van der Waals surface area (Å²) in [5, 5.41) is 1.01. The lowest BCUT2D eigenvalue weighted by Gasteiger charge is -2.23. The van der Waals surface area contributed by atoms with Crippen molar-refractivity contribution in [3.8, 4) is 5.75 Å². The number of aromatic nitrogens is 2. The highest BCUT2D eigenvalue weighted by atomic mass is 35.5. The average Bonchev–Trinajstić information content (AvgIpc) is 2.98. The van der Waals surface area contributed by atoms with Gasteiger partial charge in [0.2, 0.25) is 0 Å². The predicted molar refractivity (Wildman–Crippen MR) is 100 cm³/mol. The van der Waals surface area contributed by atoms with Crippen LogP contribution < -0.4 is 4.74 Å². The molecule has 0 aliphatic heterocycles. The summed E-state index contributed by atoms with van der Waals surface area (Å²) in [6.07, 6.45) is 5.34. The maximum Gasteiger partial charge on any atom is 0.332 e. The summed E-state index contributed by atoms with van der Waals surface area (Å²) in [6.45, 7) is 2.52. The van der Waals surface area contributed by atoms with Crippen LogP contribution >= 0.6 is 34.8 Å². The van der Waals surface area contributed by atoms with Crippen molar-refractivity contribution in [2.45, 2.75) is 28.2 Å². The molecule has 2 rings (SSSR count). The van der Waals surface area contributed by atoms with E-state index in [2.05, 4.69) is 4.98 Å². The second-order valence-electron chi connectivity index (χ2n) is 4.49. The third-order valence-corrected chi connectivity index (χ3v) is 3.60. The largest absolute Gasteiger partial charge is 0.470 e. The summed E-state index contributed by atoms with van der Waals surface area (Å²) < 4.78 is 6.98. The Labute approximate surface area is 158 Å². The summed E-state index contributed by atoms with van der Waals surface area (Å²) in [4.78, 5) is 17.7. The SMILES string of the molecule is C.C.CCCN(COc1c(Cl)cc(Cl)cc1Cl)C(=O)n1ccnc1. The average molecular weight is 395 g/mol. The van der Waals surface area contributed by atoms with Gasteiger partial charge in [-0.05, 0) is 18.6 Å². The molecule has 0 spiro atoms. The Balaban J connectivity index is 0.00000264. The van der Waals surface area contributed by atoms with Crippen LogP contribution in [0.4, 0.5) is 4.79 Å². The molecule has 1 aromatic carbocycles. The van der Waals surface area contributed by atoms with E-state index in [4.69, 9.17) is 39.5 Å². The number of ether oxygens (including phenoxy) is 1. The first kappa shape index (κ1) is 22.6. The maximum atomic E-state index is 12.3. The molecule has 2 aromatic rings. The van der Waals surface area contributed by atoms with E-state index < -0.39 is 0 Å². The second-order valence-corrected chi connectivity index (χ2v) is 5.74. The number of rotatable bonds is 5. The normalized spacial score (nSPS) is 9.67. The van der Waals surface area contributed by atoms with Gasteiger partial charge in [-0.3, -0.25) is 9.47 Å². The van der Waals surface area contributed by atoms with Crippen molar-refractivity contribution in [3.05, 3.63) is 45.9 Å². The van der Waals surface area contributed by atoms with E-state index in [1.807, 2.05) is 6.92 Å². The van der Waals surface area contributed by atoms with Crippen LogP contribution in [-0.4, -0.2) is 33.8 Å². The number of imidazole rings is 1. The van der Waals surface area contributed by atoms with Gasteiger partial charge in [-0.15, -0.1) is 0 Å². The molecule has 0 atom stereocenters. The molecule has 1 aromatic heterocycles. The molecule has 0 bridgehead atoms. The Bertz CT molecular complexity index is 625. The van der Waals surface area contributed by atoms with Crippen molar-refractivity contribution in [1.82, 2.24) is 14.5 Å². The summed E-state index contributed by atoms with van der Waals surface area (Å²) in [6, 6.07) is 2.83. The Kier molecular flexibility index (Phi) is 9.82. The maximum absolute atomic E-state index is 12.3. The van der Waals surface area contributed by atoms with Crippen LogP contribution in [0, 0.1) is 0 Å². The molecule has 0 radical (unpaired) electrons. The summed E-state index contributed by atoms with van der Waals surface area (Å²) in [5.41, 5.74) is 0. The van der Waals surface area contributed by atoms with Crippen LogP contribution in [0.15, 0.2) is 30.9 Å². The first-order chi connectivity index (χ1) is 10.5. The zero-order valence-corrected chi connectivity index (χ0v) is 14.1. The smallest absolute Gasteiger partial charge is 0.332 e. The lowest BCUT2D eigenvalue weighted by atomic mass is 10.3. The van der Waals surface area contributed by atoms with E-state index in [0.717, 1.165) is 6.42 Å². The second kappa shape index (κ2) is 10.4. The van der Waals surface area contributed by atoms with Gasteiger partial charge in [0.05, 0.1) is 10.0 Å². The van der Waals surface area contributed by atoms with Gasteiger partial charge in [0.1, 0.15) is 6.33 Å². The van der Waals surface area contributed by atoms with Crippen LogP contribution in [0.2, 0.25) is 15.1 Å². The van der Waals surface area contributed by atoms with Crippen molar-refractivity contribution in [1.29, 1.82) is 0 Å². The number of carbonyl (C=O) groups is 1. The topological polar surface area (TPSA) is 47.4 Å².